The van der Waals surface area contributed by atoms with Crippen molar-refractivity contribution in [1.82, 2.24) is 14.8 Å². The number of nitriles is 1. The van der Waals surface area contributed by atoms with Crippen LogP contribution in [0.5, 0.6) is 0 Å². The van der Waals surface area contributed by atoms with E-state index < -0.39 is 40.9 Å². The summed E-state index contributed by atoms with van der Waals surface area (Å²) in [5.74, 6) is -2.88. The number of hydrogen-bond acceptors (Lipinski definition) is 4. The van der Waals surface area contributed by atoms with Crippen LogP contribution in [0.3, 0.4) is 0 Å². The molecule has 0 radical (unpaired) electrons. The topological polar surface area (TPSA) is 109 Å². The maximum Gasteiger partial charge on any atom is 0.270 e. The molecule has 1 unspecified atom stereocenters. The molecule has 2 N–H and O–H groups in total. The average molecular weight is 534 g/mol. The number of halogens is 2. The summed E-state index contributed by atoms with van der Waals surface area (Å²) in [7, 11) is 1.48. The van der Waals surface area contributed by atoms with Gasteiger partial charge in [0.2, 0.25) is 11.8 Å². The Morgan fingerprint density at radius 1 is 1.23 bits per heavy atom. The van der Waals surface area contributed by atoms with Crippen molar-refractivity contribution >= 4 is 34.3 Å². The molecule has 0 bridgehead atoms. The highest BCUT2D eigenvalue weighted by molar-refractivity contribution is 6.07. The first-order valence-electron chi connectivity index (χ1n) is 12.7. The third-order valence-electron chi connectivity index (χ3n) is 7.68. The fraction of sp³-hybridized carbons (Fsp3) is 0.379. The number of aromatic amines is 1. The van der Waals surface area contributed by atoms with Gasteiger partial charge in [0, 0.05) is 37.2 Å². The zero-order valence-corrected chi connectivity index (χ0v) is 22.1. The van der Waals surface area contributed by atoms with Gasteiger partial charge < -0.3 is 20.1 Å². The number of para-hydroxylation sites is 1. The molecular weight excluding hydrogens is 504 g/mol. The second-order valence-electron chi connectivity index (χ2n) is 11.6. The van der Waals surface area contributed by atoms with Crippen molar-refractivity contribution in [3.63, 3.8) is 0 Å². The number of benzene rings is 2. The molecule has 3 atom stereocenters. The molecule has 1 fully saturated rings. The number of H-pyrrole nitrogens is 1. The summed E-state index contributed by atoms with van der Waals surface area (Å²) in [6.45, 7) is 5.80. The van der Waals surface area contributed by atoms with Gasteiger partial charge in [-0.3, -0.25) is 14.4 Å². The minimum Gasteiger partial charge on any atom is -0.350 e. The molecule has 202 valence electrons. The van der Waals surface area contributed by atoms with Crippen molar-refractivity contribution in [2.24, 2.45) is 5.41 Å². The highest BCUT2D eigenvalue weighted by atomic mass is 19.1. The van der Waals surface area contributed by atoms with E-state index in [1.54, 1.807) is 6.07 Å². The standard InChI is InChI=1S/C29H29F2N5O3/c1-28(2,3)13-24(35(4)25(37)23-11-18-20(31)9-16(30)10-22(18)33-23)26(38)36-15-29(12-17(36)14-32)19-7-5-6-8-21(19)34-27(29)39/h5-11,17,24,33H,12-13,15H2,1-4H3,(H,34,39)/t17?,24-,29-/m0/s1. The Morgan fingerprint density at radius 3 is 2.64 bits per heavy atom. The fourth-order valence-electron chi connectivity index (χ4n) is 5.75. The molecule has 10 heteroatoms. The van der Waals surface area contributed by atoms with Crippen LogP contribution in [-0.2, 0) is 15.0 Å². The Balaban J connectivity index is 1.49. The van der Waals surface area contributed by atoms with Crippen LogP contribution in [0.25, 0.3) is 10.9 Å². The predicted molar refractivity (Wildman–Crippen MR) is 141 cm³/mol. The minimum absolute atomic E-state index is 0.00235. The molecule has 2 aliphatic heterocycles. The number of likely N-dealkylation sites (tertiary alicyclic amines) is 1. The van der Waals surface area contributed by atoms with Crippen LogP contribution in [0.1, 0.15) is 49.7 Å². The molecule has 0 aliphatic carbocycles. The largest absolute Gasteiger partial charge is 0.350 e. The summed E-state index contributed by atoms with van der Waals surface area (Å²) in [6, 6.07) is 10.7. The lowest BCUT2D eigenvalue weighted by Crippen LogP contribution is -2.52. The van der Waals surface area contributed by atoms with Crippen molar-refractivity contribution in [2.75, 3.05) is 18.9 Å². The molecule has 1 aromatic heterocycles. The van der Waals surface area contributed by atoms with Crippen LogP contribution in [0.15, 0.2) is 42.5 Å². The lowest BCUT2D eigenvalue weighted by Gasteiger charge is -2.35. The Morgan fingerprint density at radius 2 is 1.95 bits per heavy atom. The van der Waals surface area contributed by atoms with Gasteiger partial charge in [0.05, 0.1) is 17.0 Å². The molecule has 5 rings (SSSR count). The Bertz CT molecular complexity index is 1550. The predicted octanol–water partition coefficient (Wildman–Crippen LogP) is 4.34. The van der Waals surface area contributed by atoms with Gasteiger partial charge in [0.1, 0.15) is 29.4 Å². The highest BCUT2D eigenvalue weighted by Crippen LogP contribution is 2.46. The normalized spacial score (nSPS) is 21.1. The lowest BCUT2D eigenvalue weighted by atomic mass is 9.80. The highest BCUT2D eigenvalue weighted by Gasteiger charge is 2.56. The number of carbonyl (C=O) groups excluding carboxylic acids is 3. The van der Waals surface area contributed by atoms with Crippen LogP contribution in [0.2, 0.25) is 0 Å². The maximum absolute atomic E-state index is 14.3. The van der Waals surface area contributed by atoms with Gasteiger partial charge in [-0.1, -0.05) is 39.0 Å². The zero-order chi connectivity index (χ0) is 28.3. The summed E-state index contributed by atoms with van der Waals surface area (Å²) in [4.78, 5) is 46.3. The number of nitrogens with zero attached hydrogens (tertiary/aromatic N) is 3. The Labute approximate surface area is 224 Å². The smallest absolute Gasteiger partial charge is 0.270 e. The van der Waals surface area contributed by atoms with E-state index in [0.717, 1.165) is 17.7 Å². The van der Waals surface area contributed by atoms with E-state index in [2.05, 4.69) is 16.4 Å². The molecule has 3 aromatic rings. The third-order valence-corrected chi connectivity index (χ3v) is 7.68. The number of aromatic nitrogens is 1. The van der Waals surface area contributed by atoms with Gasteiger partial charge in [-0.2, -0.15) is 5.26 Å². The van der Waals surface area contributed by atoms with Crippen LogP contribution in [-0.4, -0.2) is 58.2 Å². The number of nitrogens with one attached hydrogen (secondary N) is 2. The summed E-state index contributed by atoms with van der Waals surface area (Å²) < 4.78 is 28.0. The first-order chi connectivity index (χ1) is 18.3. The van der Waals surface area contributed by atoms with E-state index in [1.807, 2.05) is 39.0 Å². The second kappa shape index (κ2) is 9.19. The van der Waals surface area contributed by atoms with E-state index in [9.17, 15) is 28.4 Å². The average Bonchev–Trinajstić information content (AvgIpc) is 3.55. The monoisotopic (exact) mass is 533 g/mol. The molecule has 8 nitrogen and oxygen atoms in total. The van der Waals surface area contributed by atoms with Crippen molar-refractivity contribution in [2.45, 2.75) is 51.1 Å². The van der Waals surface area contributed by atoms with E-state index in [1.165, 1.54) is 22.9 Å². The van der Waals surface area contributed by atoms with Crippen LogP contribution >= 0.6 is 0 Å². The zero-order valence-electron chi connectivity index (χ0n) is 22.1. The van der Waals surface area contributed by atoms with Crippen LogP contribution < -0.4 is 5.32 Å². The SMILES string of the molecule is CN(C(=O)c1cc2c(F)cc(F)cc2[nH]1)[C@@H](CC(C)(C)C)C(=O)N1C[C@]2(CC1C#N)C(=O)Nc1ccccc12. The first kappa shape index (κ1) is 26.4. The van der Waals surface area contributed by atoms with E-state index >= 15 is 0 Å². The number of rotatable bonds is 4. The number of hydrogen-bond donors (Lipinski definition) is 2. The Kier molecular flexibility index (Phi) is 6.21. The molecule has 2 aromatic carbocycles. The van der Waals surface area contributed by atoms with E-state index in [-0.39, 0.29) is 47.3 Å². The van der Waals surface area contributed by atoms with E-state index in [0.29, 0.717) is 5.69 Å². The number of likely N-dealkylation sites (N-methyl/N-ethyl adjacent to an activating group) is 1. The van der Waals surface area contributed by atoms with Crippen LogP contribution in [0.4, 0.5) is 14.5 Å². The number of amides is 3. The van der Waals surface area contributed by atoms with Crippen molar-refractivity contribution in [1.29, 1.82) is 5.26 Å². The van der Waals surface area contributed by atoms with Crippen molar-refractivity contribution in [3.05, 3.63) is 65.4 Å². The van der Waals surface area contributed by atoms with Gasteiger partial charge >= 0.3 is 0 Å². The summed E-state index contributed by atoms with van der Waals surface area (Å²) >= 11 is 0. The summed E-state index contributed by atoms with van der Waals surface area (Å²) in [5, 5.41) is 12.9. The van der Waals surface area contributed by atoms with Crippen molar-refractivity contribution in [3.8, 4) is 6.07 Å². The number of anilines is 1. The molecule has 2 aliphatic rings. The van der Waals surface area contributed by atoms with E-state index in [4.69, 9.17) is 0 Å². The fourth-order valence-corrected chi connectivity index (χ4v) is 5.75. The second-order valence-corrected chi connectivity index (χ2v) is 11.6. The summed E-state index contributed by atoms with van der Waals surface area (Å²) in [6.07, 6.45) is 0.409. The van der Waals surface area contributed by atoms with Crippen LogP contribution in [0, 0.1) is 28.4 Å². The van der Waals surface area contributed by atoms with Gasteiger partial charge in [-0.05, 0) is 35.6 Å². The molecule has 3 heterocycles. The molecule has 0 saturated carbocycles. The summed E-state index contributed by atoms with van der Waals surface area (Å²) in [5.41, 5.74) is 0.0912. The van der Waals surface area contributed by atoms with Gasteiger partial charge in [-0.15, -0.1) is 0 Å². The molecular formula is C29H29F2N5O3. The molecule has 3 amide bonds. The molecule has 39 heavy (non-hydrogen) atoms. The first-order valence-corrected chi connectivity index (χ1v) is 12.7. The third kappa shape index (κ3) is 4.42. The minimum atomic E-state index is -1.06. The van der Waals surface area contributed by atoms with Gasteiger partial charge in [0.15, 0.2) is 0 Å². The molecule has 1 saturated heterocycles. The molecule has 1 spiro atoms. The number of carbonyl (C=O) groups is 3. The Hall–Kier alpha value is -4.26. The maximum atomic E-state index is 14.3. The van der Waals surface area contributed by atoms with Crippen molar-refractivity contribution < 1.29 is 23.2 Å². The quantitative estimate of drug-likeness (QED) is 0.520. The van der Waals surface area contributed by atoms with Gasteiger partial charge in [0.25, 0.3) is 5.91 Å². The number of fused-ring (bicyclic) bond motifs is 3. The van der Waals surface area contributed by atoms with Gasteiger partial charge in [-0.25, -0.2) is 8.78 Å². The lowest BCUT2D eigenvalue weighted by molar-refractivity contribution is -0.137.